The minimum atomic E-state index is 0.00991. The lowest BCUT2D eigenvalue weighted by Gasteiger charge is -2.35. The Morgan fingerprint density at radius 3 is 2.68 bits per heavy atom. The number of methoxy groups -OCH3 is 1. The summed E-state index contributed by atoms with van der Waals surface area (Å²) in [6.45, 7) is 8.64. The zero-order valence-electron chi connectivity index (χ0n) is 13.9. The quantitative estimate of drug-likeness (QED) is 0.908. The van der Waals surface area contributed by atoms with E-state index in [1.807, 2.05) is 25.1 Å². The SMILES string of the molecule is COc1ccc(C)cc1NC(=O)CCN1C[C@@H](C)O[C@@H](C)C1. The van der Waals surface area contributed by atoms with Crippen molar-refractivity contribution < 1.29 is 14.3 Å². The lowest BCUT2D eigenvalue weighted by molar-refractivity contribution is -0.117. The van der Waals surface area contributed by atoms with Crippen molar-refractivity contribution in [3.63, 3.8) is 0 Å². The molecule has 1 heterocycles. The fourth-order valence-corrected chi connectivity index (χ4v) is 2.86. The number of benzene rings is 1. The summed E-state index contributed by atoms with van der Waals surface area (Å²) >= 11 is 0. The van der Waals surface area contributed by atoms with E-state index in [1.54, 1.807) is 7.11 Å². The fraction of sp³-hybridized carbons (Fsp3) is 0.588. The van der Waals surface area contributed by atoms with Crippen molar-refractivity contribution in [1.82, 2.24) is 4.90 Å². The van der Waals surface area contributed by atoms with E-state index >= 15 is 0 Å². The minimum Gasteiger partial charge on any atom is -0.495 e. The molecule has 1 aliphatic rings. The number of carbonyl (C=O) groups excluding carboxylic acids is 1. The number of amides is 1. The monoisotopic (exact) mass is 306 g/mol. The third-order valence-corrected chi connectivity index (χ3v) is 3.78. The second kappa shape index (κ2) is 7.61. The highest BCUT2D eigenvalue weighted by Gasteiger charge is 2.22. The topological polar surface area (TPSA) is 50.8 Å². The molecule has 1 N–H and O–H groups in total. The standard InChI is InChI=1S/C17H26N2O3/c1-12-5-6-16(21-4)15(9-12)18-17(20)7-8-19-10-13(2)22-14(3)11-19/h5-6,9,13-14H,7-8,10-11H2,1-4H3,(H,18,20)/t13-,14+. The van der Waals surface area contributed by atoms with Gasteiger partial charge in [-0.1, -0.05) is 6.07 Å². The smallest absolute Gasteiger partial charge is 0.225 e. The van der Waals surface area contributed by atoms with Crippen LogP contribution in [0.2, 0.25) is 0 Å². The van der Waals surface area contributed by atoms with Crippen LogP contribution in [0.5, 0.6) is 5.75 Å². The van der Waals surface area contributed by atoms with Crippen LogP contribution in [0.4, 0.5) is 5.69 Å². The van der Waals surface area contributed by atoms with Gasteiger partial charge in [0.05, 0.1) is 25.0 Å². The first-order chi connectivity index (χ1) is 10.5. The summed E-state index contributed by atoms with van der Waals surface area (Å²) in [5.41, 5.74) is 1.82. The number of hydrogen-bond acceptors (Lipinski definition) is 4. The summed E-state index contributed by atoms with van der Waals surface area (Å²) < 4.78 is 11.0. The molecular formula is C17H26N2O3. The van der Waals surface area contributed by atoms with Gasteiger partial charge in [0.1, 0.15) is 5.75 Å². The molecule has 0 bridgehead atoms. The van der Waals surface area contributed by atoms with Crippen molar-refractivity contribution in [2.45, 2.75) is 39.4 Å². The predicted octanol–water partition coefficient (Wildman–Crippen LogP) is 2.44. The lowest BCUT2D eigenvalue weighted by Crippen LogP contribution is -2.46. The number of ether oxygens (including phenoxy) is 2. The normalized spacial score (nSPS) is 22.4. The Morgan fingerprint density at radius 1 is 1.36 bits per heavy atom. The van der Waals surface area contributed by atoms with Crippen molar-refractivity contribution in [3.8, 4) is 5.75 Å². The van der Waals surface area contributed by atoms with Crippen LogP contribution in [0.15, 0.2) is 18.2 Å². The van der Waals surface area contributed by atoms with Crippen molar-refractivity contribution >= 4 is 11.6 Å². The Kier molecular flexibility index (Phi) is 5.80. The van der Waals surface area contributed by atoms with E-state index in [1.165, 1.54) is 0 Å². The average Bonchev–Trinajstić information content (AvgIpc) is 2.44. The van der Waals surface area contributed by atoms with Gasteiger partial charge in [0.2, 0.25) is 5.91 Å². The molecule has 2 rings (SSSR count). The molecule has 1 fully saturated rings. The molecule has 0 spiro atoms. The Bertz CT molecular complexity index is 509. The molecule has 5 nitrogen and oxygen atoms in total. The average molecular weight is 306 g/mol. The highest BCUT2D eigenvalue weighted by molar-refractivity contribution is 5.92. The van der Waals surface area contributed by atoms with E-state index in [2.05, 4.69) is 24.1 Å². The van der Waals surface area contributed by atoms with Crippen LogP contribution in [-0.2, 0) is 9.53 Å². The van der Waals surface area contributed by atoms with Crippen molar-refractivity contribution in [3.05, 3.63) is 23.8 Å². The Hall–Kier alpha value is -1.59. The molecule has 22 heavy (non-hydrogen) atoms. The maximum absolute atomic E-state index is 12.2. The van der Waals surface area contributed by atoms with Crippen LogP contribution in [0.1, 0.15) is 25.8 Å². The van der Waals surface area contributed by atoms with E-state index in [-0.39, 0.29) is 18.1 Å². The van der Waals surface area contributed by atoms with Gasteiger partial charge in [0.25, 0.3) is 0 Å². The van der Waals surface area contributed by atoms with Gasteiger partial charge in [-0.3, -0.25) is 9.69 Å². The van der Waals surface area contributed by atoms with E-state index in [0.717, 1.165) is 30.9 Å². The number of aryl methyl sites for hydroxylation is 1. The Balaban J connectivity index is 1.87. The Labute approximate surface area is 132 Å². The van der Waals surface area contributed by atoms with Gasteiger partial charge in [-0.2, -0.15) is 0 Å². The summed E-state index contributed by atoms with van der Waals surface area (Å²) in [6, 6.07) is 5.76. The largest absolute Gasteiger partial charge is 0.495 e. The number of nitrogens with one attached hydrogen (secondary N) is 1. The highest BCUT2D eigenvalue weighted by atomic mass is 16.5. The second-order valence-electron chi connectivity index (χ2n) is 6.02. The summed E-state index contributed by atoms with van der Waals surface area (Å²) in [7, 11) is 1.61. The molecule has 0 aliphatic carbocycles. The molecule has 0 aromatic heterocycles. The molecule has 0 unspecified atom stereocenters. The maximum atomic E-state index is 12.2. The van der Waals surface area contributed by atoms with Crippen LogP contribution in [0.3, 0.4) is 0 Å². The number of anilines is 1. The third-order valence-electron chi connectivity index (χ3n) is 3.78. The first-order valence-electron chi connectivity index (χ1n) is 7.80. The van der Waals surface area contributed by atoms with Gasteiger partial charge in [0, 0.05) is 26.1 Å². The van der Waals surface area contributed by atoms with Gasteiger partial charge in [-0.25, -0.2) is 0 Å². The van der Waals surface area contributed by atoms with E-state index in [9.17, 15) is 4.79 Å². The van der Waals surface area contributed by atoms with Gasteiger partial charge < -0.3 is 14.8 Å². The van der Waals surface area contributed by atoms with Gasteiger partial charge in [-0.15, -0.1) is 0 Å². The molecule has 1 aromatic carbocycles. The number of morpholine rings is 1. The van der Waals surface area contributed by atoms with Crippen molar-refractivity contribution in [2.75, 3.05) is 32.1 Å². The summed E-state index contributed by atoms with van der Waals surface area (Å²) in [5, 5.41) is 2.94. The summed E-state index contributed by atoms with van der Waals surface area (Å²) in [5.74, 6) is 0.697. The minimum absolute atomic E-state index is 0.00991. The van der Waals surface area contributed by atoms with E-state index < -0.39 is 0 Å². The molecule has 1 saturated heterocycles. The summed E-state index contributed by atoms with van der Waals surface area (Å²) in [4.78, 5) is 14.5. The molecule has 5 heteroatoms. The number of hydrogen-bond donors (Lipinski definition) is 1. The fourth-order valence-electron chi connectivity index (χ4n) is 2.86. The first-order valence-corrected chi connectivity index (χ1v) is 7.80. The molecule has 0 saturated carbocycles. The first kappa shape index (κ1) is 16.8. The molecule has 2 atom stereocenters. The van der Waals surface area contributed by atoms with Crippen molar-refractivity contribution in [1.29, 1.82) is 0 Å². The summed E-state index contributed by atoms with van der Waals surface area (Å²) in [6.07, 6.45) is 0.920. The van der Waals surface area contributed by atoms with Crippen LogP contribution in [0.25, 0.3) is 0 Å². The lowest BCUT2D eigenvalue weighted by atomic mass is 10.2. The predicted molar refractivity (Wildman–Crippen MR) is 87.4 cm³/mol. The van der Waals surface area contributed by atoms with E-state index in [0.29, 0.717) is 12.2 Å². The van der Waals surface area contributed by atoms with Crippen LogP contribution in [-0.4, -0.2) is 49.8 Å². The van der Waals surface area contributed by atoms with Crippen molar-refractivity contribution in [2.24, 2.45) is 0 Å². The van der Waals surface area contributed by atoms with Crippen LogP contribution < -0.4 is 10.1 Å². The second-order valence-corrected chi connectivity index (χ2v) is 6.02. The maximum Gasteiger partial charge on any atom is 0.225 e. The molecule has 1 aromatic rings. The molecule has 1 aliphatic heterocycles. The number of nitrogens with zero attached hydrogens (tertiary/aromatic N) is 1. The van der Waals surface area contributed by atoms with Crippen LogP contribution >= 0.6 is 0 Å². The highest BCUT2D eigenvalue weighted by Crippen LogP contribution is 2.25. The van der Waals surface area contributed by atoms with Crippen LogP contribution in [0, 0.1) is 6.92 Å². The molecule has 122 valence electrons. The number of carbonyl (C=O) groups is 1. The zero-order chi connectivity index (χ0) is 16.1. The number of rotatable bonds is 5. The molecule has 0 radical (unpaired) electrons. The zero-order valence-corrected chi connectivity index (χ0v) is 13.9. The van der Waals surface area contributed by atoms with Gasteiger partial charge >= 0.3 is 0 Å². The Morgan fingerprint density at radius 2 is 2.05 bits per heavy atom. The molecular weight excluding hydrogens is 280 g/mol. The van der Waals surface area contributed by atoms with Gasteiger partial charge in [0.15, 0.2) is 0 Å². The third kappa shape index (κ3) is 4.71. The van der Waals surface area contributed by atoms with E-state index in [4.69, 9.17) is 9.47 Å². The molecule has 1 amide bonds. The van der Waals surface area contributed by atoms with Gasteiger partial charge in [-0.05, 0) is 38.5 Å².